The summed E-state index contributed by atoms with van der Waals surface area (Å²) in [4.78, 5) is 30.3. The van der Waals surface area contributed by atoms with Crippen LogP contribution in [0, 0.1) is 11.3 Å². The van der Waals surface area contributed by atoms with Crippen molar-refractivity contribution in [2.75, 3.05) is 33.0 Å². The number of hydrogen-bond acceptors (Lipinski definition) is 5. The van der Waals surface area contributed by atoms with Gasteiger partial charge >= 0.3 is 5.97 Å². The first kappa shape index (κ1) is 28.0. The molecule has 0 bridgehead atoms. The first-order chi connectivity index (χ1) is 17.2. The number of unbranched alkanes of at least 4 members (excludes halogenated alkanes) is 2. The van der Waals surface area contributed by atoms with E-state index in [-0.39, 0.29) is 36.6 Å². The second kappa shape index (κ2) is 12.6. The zero-order valence-corrected chi connectivity index (χ0v) is 22.7. The highest BCUT2D eigenvalue weighted by Crippen LogP contribution is 2.45. The molecule has 0 saturated carbocycles. The predicted molar refractivity (Wildman–Crippen MR) is 141 cm³/mol. The van der Waals surface area contributed by atoms with Gasteiger partial charge in [-0.2, -0.15) is 0 Å². The molecule has 0 spiro atoms. The number of aliphatic carboxylic acids is 1. The molecular weight excluding hydrogens is 456 g/mol. The van der Waals surface area contributed by atoms with Gasteiger partial charge in [-0.15, -0.1) is 0 Å². The van der Waals surface area contributed by atoms with E-state index in [4.69, 9.17) is 9.47 Å². The summed E-state index contributed by atoms with van der Waals surface area (Å²) in [5.41, 5.74) is 0.728. The van der Waals surface area contributed by atoms with Crippen LogP contribution in [0.2, 0.25) is 0 Å². The summed E-state index contributed by atoms with van der Waals surface area (Å²) in [5.74, 6) is -0.242. The van der Waals surface area contributed by atoms with Gasteiger partial charge in [-0.3, -0.25) is 14.5 Å². The Morgan fingerprint density at radius 3 is 2.42 bits per heavy atom. The number of hydrogen-bond donors (Lipinski definition) is 1. The third kappa shape index (κ3) is 6.81. The molecule has 3 unspecified atom stereocenters. The zero-order valence-electron chi connectivity index (χ0n) is 22.7. The number of ether oxygens (including phenoxy) is 2. The van der Waals surface area contributed by atoms with Crippen LogP contribution in [0.25, 0.3) is 0 Å². The maximum Gasteiger partial charge on any atom is 0.308 e. The number of amides is 1. The average Bonchev–Trinajstić information content (AvgIpc) is 3.43. The van der Waals surface area contributed by atoms with Crippen LogP contribution in [-0.4, -0.2) is 65.8 Å². The highest BCUT2D eigenvalue weighted by atomic mass is 16.7. The average molecular weight is 501 g/mol. The Morgan fingerprint density at radius 2 is 1.81 bits per heavy atom. The molecule has 1 fully saturated rings. The van der Waals surface area contributed by atoms with Gasteiger partial charge < -0.3 is 19.5 Å². The summed E-state index contributed by atoms with van der Waals surface area (Å²) in [5, 5.41) is 10.4. The van der Waals surface area contributed by atoms with E-state index in [0.29, 0.717) is 24.5 Å². The summed E-state index contributed by atoms with van der Waals surface area (Å²) < 4.78 is 11.0. The molecule has 1 aromatic carbocycles. The molecule has 0 aliphatic carbocycles. The summed E-state index contributed by atoms with van der Waals surface area (Å²) in [7, 11) is 0. The molecule has 2 heterocycles. The minimum Gasteiger partial charge on any atom is -0.481 e. The highest BCUT2D eigenvalue weighted by molar-refractivity contribution is 5.79. The monoisotopic (exact) mass is 500 g/mol. The van der Waals surface area contributed by atoms with E-state index < -0.39 is 11.9 Å². The summed E-state index contributed by atoms with van der Waals surface area (Å²) in [6.45, 7) is 13.0. The van der Waals surface area contributed by atoms with Crippen molar-refractivity contribution in [1.29, 1.82) is 0 Å². The smallest absolute Gasteiger partial charge is 0.308 e. The van der Waals surface area contributed by atoms with Gasteiger partial charge in [-0.05, 0) is 49.3 Å². The quantitative estimate of drug-likeness (QED) is 0.370. The van der Waals surface area contributed by atoms with E-state index in [1.54, 1.807) is 0 Å². The van der Waals surface area contributed by atoms with Crippen LogP contribution >= 0.6 is 0 Å². The number of carboxylic acids is 1. The van der Waals surface area contributed by atoms with Crippen molar-refractivity contribution < 1.29 is 24.2 Å². The van der Waals surface area contributed by atoms with Crippen molar-refractivity contribution in [3.05, 3.63) is 35.9 Å². The number of benzene rings is 1. The molecule has 7 heteroatoms. The van der Waals surface area contributed by atoms with Gasteiger partial charge in [0.1, 0.15) is 0 Å². The van der Waals surface area contributed by atoms with Gasteiger partial charge in [0.25, 0.3) is 0 Å². The maximum absolute atomic E-state index is 13.5. The minimum absolute atomic E-state index is 0.0983. The Labute approximate surface area is 216 Å². The Balaban J connectivity index is 1.91. The van der Waals surface area contributed by atoms with Gasteiger partial charge in [0.15, 0.2) is 11.5 Å². The number of nitrogens with zero attached hydrogens (tertiary/aromatic N) is 2. The molecule has 2 aliphatic rings. The molecule has 1 amide bonds. The van der Waals surface area contributed by atoms with Gasteiger partial charge in [0.2, 0.25) is 12.7 Å². The Morgan fingerprint density at radius 1 is 1.14 bits per heavy atom. The Kier molecular flexibility index (Phi) is 9.83. The van der Waals surface area contributed by atoms with Crippen LogP contribution < -0.4 is 9.47 Å². The molecule has 7 nitrogen and oxygen atoms in total. The molecule has 1 saturated heterocycles. The molecule has 200 valence electrons. The topological polar surface area (TPSA) is 79.3 Å². The van der Waals surface area contributed by atoms with Gasteiger partial charge in [-0.1, -0.05) is 58.8 Å². The number of carboxylic acid groups (broad SMARTS) is 1. The molecule has 3 atom stereocenters. The number of allylic oxidation sites excluding steroid dienone is 2. The van der Waals surface area contributed by atoms with Crippen LogP contribution in [0.15, 0.2) is 30.4 Å². The van der Waals surface area contributed by atoms with Crippen molar-refractivity contribution in [1.82, 2.24) is 9.80 Å². The Hall–Kier alpha value is -2.54. The number of likely N-dealkylation sites (tertiary alicyclic amines) is 1. The van der Waals surface area contributed by atoms with E-state index >= 15 is 0 Å². The van der Waals surface area contributed by atoms with Crippen LogP contribution in [0.4, 0.5) is 0 Å². The van der Waals surface area contributed by atoms with Gasteiger partial charge in [-0.25, -0.2) is 0 Å². The Bertz CT molecular complexity index is 920. The van der Waals surface area contributed by atoms with Crippen LogP contribution in [0.1, 0.15) is 78.2 Å². The van der Waals surface area contributed by atoms with Crippen molar-refractivity contribution in [2.24, 2.45) is 11.3 Å². The summed E-state index contributed by atoms with van der Waals surface area (Å²) in [6, 6.07) is 5.47. The third-order valence-electron chi connectivity index (χ3n) is 7.47. The standard InChI is InChI=1S/C29H44N2O5/c1-6-9-14-30(15-10-7-2)26(32)19-31-18-22(21-11-12-24-25(16-21)36-20-35-24)27(28(33)34)23(31)17-29(4,5)13-8-3/h8,11-13,16,22-23,27H,6-7,9-10,14-15,17-20H2,1-5H3,(H,33,34). The number of carbonyl (C=O) groups is 2. The number of fused-ring (bicyclic) bond motifs is 1. The predicted octanol–water partition coefficient (Wildman–Crippen LogP) is 5.31. The fraction of sp³-hybridized carbons (Fsp3) is 0.655. The number of carbonyl (C=O) groups excluding carboxylic acids is 1. The largest absolute Gasteiger partial charge is 0.481 e. The lowest BCUT2D eigenvalue weighted by molar-refractivity contribution is -0.144. The lowest BCUT2D eigenvalue weighted by Crippen LogP contribution is -2.45. The van der Waals surface area contributed by atoms with Gasteiger partial charge in [0.05, 0.1) is 12.5 Å². The van der Waals surface area contributed by atoms with E-state index in [0.717, 1.165) is 44.3 Å². The van der Waals surface area contributed by atoms with E-state index in [1.165, 1.54) is 0 Å². The molecule has 0 radical (unpaired) electrons. The SMILES string of the molecule is CC=CC(C)(C)CC1C(C(=O)O)C(c2ccc3c(c2)OCO3)CN1CC(=O)N(CCCC)CCCC. The van der Waals surface area contributed by atoms with Crippen LogP contribution in [0.3, 0.4) is 0 Å². The first-order valence-corrected chi connectivity index (χ1v) is 13.5. The van der Waals surface area contributed by atoms with Crippen molar-refractivity contribution in [3.8, 4) is 11.5 Å². The van der Waals surface area contributed by atoms with Crippen LogP contribution in [0.5, 0.6) is 11.5 Å². The van der Waals surface area contributed by atoms with Gasteiger partial charge in [0, 0.05) is 31.6 Å². The fourth-order valence-corrected chi connectivity index (χ4v) is 5.62. The van der Waals surface area contributed by atoms with E-state index in [1.807, 2.05) is 36.1 Å². The lowest BCUT2D eigenvalue weighted by Gasteiger charge is -2.34. The van der Waals surface area contributed by atoms with Crippen molar-refractivity contribution in [3.63, 3.8) is 0 Å². The molecule has 1 N–H and O–H groups in total. The normalized spacial score (nSPS) is 21.9. The second-order valence-electron chi connectivity index (χ2n) is 10.9. The molecular formula is C29H44N2O5. The molecule has 0 aromatic heterocycles. The minimum atomic E-state index is -0.817. The summed E-state index contributed by atoms with van der Waals surface area (Å²) >= 11 is 0. The summed E-state index contributed by atoms with van der Waals surface area (Å²) in [6.07, 6.45) is 8.84. The first-order valence-electron chi connectivity index (χ1n) is 13.5. The molecule has 2 aliphatic heterocycles. The van der Waals surface area contributed by atoms with Crippen molar-refractivity contribution >= 4 is 11.9 Å². The maximum atomic E-state index is 13.5. The highest BCUT2D eigenvalue weighted by Gasteiger charge is 2.48. The third-order valence-corrected chi connectivity index (χ3v) is 7.47. The fourth-order valence-electron chi connectivity index (χ4n) is 5.62. The zero-order chi connectivity index (χ0) is 26.3. The molecule has 36 heavy (non-hydrogen) atoms. The van der Waals surface area contributed by atoms with Crippen molar-refractivity contribution in [2.45, 2.75) is 78.7 Å². The lowest BCUT2D eigenvalue weighted by atomic mass is 9.77. The van der Waals surface area contributed by atoms with E-state index in [2.05, 4.69) is 38.7 Å². The molecule has 3 rings (SSSR count). The van der Waals surface area contributed by atoms with Crippen LogP contribution in [-0.2, 0) is 9.59 Å². The number of rotatable bonds is 13. The molecule has 1 aromatic rings. The van der Waals surface area contributed by atoms with E-state index in [9.17, 15) is 14.7 Å². The second-order valence-corrected chi connectivity index (χ2v) is 10.9.